The molecule has 4 aromatic carbocycles. The van der Waals surface area contributed by atoms with Crippen molar-refractivity contribution in [1.29, 1.82) is 0 Å². The van der Waals surface area contributed by atoms with E-state index in [1.807, 2.05) is 97.9 Å². The molecule has 10 unspecified atom stereocenters. The van der Waals surface area contributed by atoms with Gasteiger partial charge < -0.3 is 36.3 Å². The third-order valence-electron chi connectivity index (χ3n) is 13.6. The number of aliphatic imine (C=N–C) groups is 1. The first-order chi connectivity index (χ1) is 29.9. The first kappa shape index (κ1) is 43.5. The van der Waals surface area contributed by atoms with Gasteiger partial charge in [-0.2, -0.15) is 8.42 Å². The first-order valence-corrected chi connectivity index (χ1v) is 23.3. The van der Waals surface area contributed by atoms with Crippen LogP contribution in [0.4, 0.5) is 0 Å². The van der Waals surface area contributed by atoms with E-state index in [4.69, 9.17) is 25.9 Å². The molecule has 62 heavy (non-hydrogen) atoms. The fourth-order valence-electron chi connectivity index (χ4n) is 10.6. The number of aliphatic hydroxyl groups is 2. The van der Waals surface area contributed by atoms with Crippen LogP contribution in [0.15, 0.2) is 114 Å². The number of ether oxygens (including phenoxy) is 2. The maximum absolute atomic E-state index is 14.0. The number of rotatable bonds is 9. The Kier molecular flexibility index (Phi) is 12.8. The number of hydrogen-bond acceptors (Lipinski definition) is 8. The molecular weight excluding hydrogens is 803 g/mol. The Hall–Kier alpha value is -5.16. The molecule has 12 heteroatoms. The maximum Gasteiger partial charge on any atom is 0.268 e. The summed E-state index contributed by atoms with van der Waals surface area (Å²) in [5, 5.41) is 30.7. The predicted molar refractivity (Wildman–Crippen MR) is 239 cm³/mol. The highest BCUT2D eigenvalue weighted by atomic mass is 32.2. The lowest BCUT2D eigenvalue weighted by molar-refractivity contribution is -0.0131. The van der Waals surface area contributed by atoms with Gasteiger partial charge in [-0.05, 0) is 115 Å². The molecule has 6 aliphatic heterocycles. The molecule has 326 valence electrons. The lowest BCUT2D eigenvalue weighted by atomic mass is 9.65. The Morgan fingerprint density at radius 3 is 2.37 bits per heavy atom. The third-order valence-corrected chi connectivity index (χ3v) is 14.8. The van der Waals surface area contributed by atoms with Gasteiger partial charge in [0.15, 0.2) is 5.96 Å². The van der Waals surface area contributed by atoms with E-state index >= 15 is 0 Å². The van der Waals surface area contributed by atoms with Crippen LogP contribution in [0.3, 0.4) is 0 Å². The summed E-state index contributed by atoms with van der Waals surface area (Å²) >= 11 is 0. The number of guanidine groups is 1. The lowest BCUT2D eigenvalue weighted by Gasteiger charge is -2.41. The van der Waals surface area contributed by atoms with Crippen molar-refractivity contribution >= 4 is 16.1 Å². The molecule has 1 saturated heterocycles. The molecule has 0 spiro atoms. The van der Waals surface area contributed by atoms with E-state index in [-0.39, 0.29) is 73.5 Å². The highest BCUT2D eigenvalue weighted by Crippen LogP contribution is 2.54. The van der Waals surface area contributed by atoms with Gasteiger partial charge in [0.05, 0.1) is 11.4 Å². The fourth-order valence-corrected chi connectivity index (χ4v) is 11.8. The van der Waals surface area contributed by atoms with Crippen LogP contribution < -0.4 is 16.2 Å². The van der Waals surface area contributed by atoms with E-state index in [1.54, 1.807) is 12.1 Å². The van der Waals surface area contributed by atoms with Gasteiger partial charge in [-0.15, -0.1) is 0 Å². The van der Waals surface area contributed by atoms with Crippen LogP contribution in [-0.2, 0) is 27.0 Å². The van der Waals surface area contributed by atoms with E-state index in [9.17, 15) is 28.3 Å². The SMILES string of the molecule is CCC1CC(S(=O)(=O)O)C2C=C3CC(CC4CC(CO)CC#Cc5cc(O)ccc5C3O4)C2c2ccc(cc2)C(CC(CO)Cc2ccccc2)(N=C(N)N)Oc2ccc1cc2. The molecule has 6 heterocycles. The summed E-state index contributed by atoms with van der Waals surface area (Å²) in [5.74, 6) is 4.99. The number of nitrogens with two attached hydrogens (primary N) is 2. The zero-order valence-corrected chi connectivity index (χ0v) is 35.8. The minimum absolute atomic E-state index is 0.0702. The van der Waals surface area contributed by atoms with Crippen molar-refractivity contribution < 1.29 is 37.8 Å². The molecule has 8 N–H and O–H groups in total. The number of phenols is 1. The molecule has 1 aliphatic carbocycles. The summed E-state index contributed by atoms with van der Waals surface area (Å²) in [6.07, 6.45) is 4.87. The van der Waals surface area contributed by atoms with Gasteiger partial charge in [0.2, 0.25) is 5.72 Å². The van der Waals surface area contributed by atoms with Gasteiger partial charge in [-0.25, -0.2) is 4.99 Å². The number of phenolic OH excluding ortho intramolecular Hbond substituents is 1. The largest absolute Gasteiger partial charge is 0.508 e. The Balaban J connectivity index is 1.32. The fraction of sp³-hybridized carbons (Fsp3) is 0.420. The molecule has 8 bridgehead atoms. The number of aromatic hydroxyl groups is 1. The van der Waals surface area contributed by atoms with Crippen LogP contribution in [0.5, 0.6) is 11.5 Å². The average molecular weight is 860 g/mol. The van der Waals surface area contributed by atoms with Crippen LogP contribution >= 0.6 is 0 Å². The lowest BCUT2D eigenvalue weighted by Crippen LogP contribution is -2.40. The Labute approximate surface area is 364 Å². The predicted octanol–water partition coefficient (Wildman–Crippen LogP) is 7.22. The van der Waals surface area contributed by atoms with Gasteiger partial charge in [-0.1, -0.05) is 97.6 Å². The van der Waals surface area contributed by atoms with Crippen molar-refractivity contribution in [1.82, 2.24) is 0 Å². The second-order valence-electron chi connectivity index (χ2n) is 17.7. The topological polar surface area (TPSA) is 198 Å². The second kappa shape index (κ2) is 18.3. The van der Waals surface area contributed by atoms with Crippen LogP contribution in [0, 0.1) is 35.5 Å². The molecular formula is C50H57N3O8S. The minimum atomic E-state index is -4.63. The Morgan fingerprint density at radius 1 is 0.952 bits per heavy atom. The van der Waals surface area contributed by atoms with Crippen molar-refractivity contribution in [3.63, 3.8) is 0 Å². The summed E-state index contributed by atoms with van der Waals surface area (Å²) in [6.45, 7) is 1.80. The number of allylic oxidation sites excluding steroid dienone is 1. The van der Waals surface area contributed by atoms with Gasteiger partial charge in [-0.3, -0.25) is 4.55 Å². The van der Waals surface area contributed by atoms with Crippen molar-refractivity contribution in [3.05, 3.63) is 142 Å². The smallest absolute Gasteiger partial charge is 0.268 e. The summed E-state index contributed by atoms with van der Waals surface area (Å²) in [7, 11) is -4.63. The van der Waals surface area contributed by atoms with Gasteiger partial charge in [0, 0.05) is 48.7 Å². The van der Waals surface area contributed by atoms with Crippen molar-refractivity contribution in [2.24, 2.45) is 40.1 Å². The number of nitrogens with zero attached hydrogens (tertiary/aromatic N) is 1. The molecule has 1 fully saturated rings. The molecule has 10 atom stereocenters. The number of benzene rings is 4. The maximum atomic E-state index is 14.0. The molecule has 11 rings (SSSR count). The van der Waals surface area contributed by atoms with Gasteiger partial charge >= 0.3 is 0 Å². The second-order valence-corrected chi connectivity index (χ2v) is 19.3. The monoisotopic (exact) mass is 859 g/mol. The van der Waals surface area contributed by atoms with E-state index < -0.39 is 33.1 Å². The normalized spacial score (nSPS) is 28.5. The molecule has 0 saturated carbocycles. The first-order valence-electron chi connectivity index (χ1n) is 21.8. The Morgan fingerprint density at radius 2 is 1.69 bits per heavy atom. The number of fused-ring (bicyclic) bond motifs is 7. The van der Waals surface area contributed by atoms with E-state index in [2.05, 4.69) is 11.8 Å². The van der Waals surface area contributed by atoms with Crippen LogP contribution in [-0.4, -0.2) is 58.8 Å². The number of aliphatic hydroxyl groups excluding tert-OH is 2. The summed E-state index contributed by atoms with van der Waals surface area (Å²) < 4.78 is 53.2. The van der Waals surface area contributed by atoms with Gasteiger partial charge in [0.25, 0.3) is 10.1 Å². The van der Waals surface area contributed by atoms with E-state index in [0.29, 0.717) is 55.4 Å². The van der Waals surface area contributed by atoms with E-state index in [1.165, 1.54) is 0 Å². The summed E-state index contributed by atoms with van der Waals surface area (Å²) in [4.78, 5) is 4.82. The van der Waals surface area contributed by atoms with E-state index in [0.717, 1.165) is 27.8 Å². The third kappa shape index (κ3) is 9.29. The zero-order valence-electron chi connectivity index (χ0n) is 35.0. The quantitative estimate of drug-likeness (QED) is 0.0329. The molecule has 0 amide bonds. The van der Waals surface area contributed by atoms with Crippen molar-refractivity contribution in [2.75, 3.05) is 13.2 Å². The van der Waals surface area contributed by atoms with Crippen LogP contribution in [0.25, 0.3) is 0 Å². The van der Waals surface area contributed by atoms with Crippen molar-refractivity contribution in [3.8, 4) is 23.3 Å². The number of hydrogen-bond donors (Lipinski definition) is 6. The molecule has 7 aliphatic rings. The van der Waals surface area contributed by atoms with Crippen LogP contribution in [0.1, 0.15) is 103 Å². The Bertz CT molecular complexity index is 2440. The molecule has 0 radical (unpaired) electrons. The van der Waals surface area contributed by atoms with Crippen LogP contribution in [0.2, 0.25) is 0 Å². The highest BCUT2D eigenvalue weighted by molar-refractivity contribution is 7.86. The average Bonchev–Trinajstić information content (AvgIpc) is 3.38. The molecule has 0 aromatic heterocycles. The van der Waals surface area contributed by atoms with Crippen molar-refractivity contribution in [2.45, 2.75) is 93.3 Å². The minimum Gasteiger partial charge on any atom is -0.508 e. The van der Waals surface area contributed by atoms with Gasteiger partial charge in [0.1, 0.15) is 17.6 Å². The zero-order chi connectivity index (χ0) is 43.6. The molecule has 4 aromatic rings. The highest BCUT2D eigenvalue weighted by Gasteiger charge is 2.48. The summed E-state index contributed by atoms with van der Waals surface area (Å²) in [5.41, 5.74) is 16.8. The molecule has 11 nitrogen and oxygen atoms in total. The standard InChI is InChI=1S/C50H57N3O8S/c1-2-34-27-46(62(57,58)59)45-26-39-23-38(25-43-22-32(29-54)9-6-10-37-24-41(56)17-20-44(37)48(39)60-43)47(45)36-11-15-40(16-12-36)50(53-49(51)52,61-42-18-13-35(34)14-19-42)28-33(30-55)21-31-7-4-3-5-8-31/h3-5,7-8,11-20,24,26,32-34,38,43,45-48,54-56H,2,9,21-23,25,27-30H2,1H3,(H4,51,52,53)(H,57,58,59). The summed E-state index contributed by atoms with van der Waals surface area (Å²) in [6, 6.07) is 30.4.